The molecule has 4 nitrogen and oxygen atoms in total. The summed E-state index contributed by atoms with van der Waals surface area (Å²) < 4.78 is 25.9. The van der Waals surface area contributed by atoms with E-state index in [1.54, 1.807) is 0 Å². The highest BCUT2D eigenvalue weighted by molar-refractivity contribution is 7.85. The first-order chi connectivity index (χ1) is 7.93. The van der Waals surface area contributed by atoms with Crippen LogP contribution in [0.3, 0.4) is 0 Å². The minimum atomic E-state index is -3.67. The highest BCUT2D eigenvalue weighted by atomic mass is 32.2. The molecule has 0 aliphatic carbocycles. The van der Waals surface area contributed by atoms with Crippen LogP contribution in [-0.4, -0.2) is 32.3 Å². The molecule has 0 bridgehead atoms. The van der Waals surface area contributed by atoms with Crippen molar-refractivity contribution in [1.29, 1.82) is 0 Å². The molecule has 0 heterocycles. The fourth-order valence-corrected chi connectivity index (χ4v) is 1.04. The maximum Gasteiger partial charge on any atom is 0.261 e. The van der Waals surface area contributed by atoms with Gasteiger partial charge in [0.25, 0.3) is 10.1 Å². The van der Waals surface area contributed by atoms with Crippen LogP contribution in [0.15, 0.2) is 30.3 Å². The van der Waals surface area contributed by atoms with Gasteiger partial charge >= 0.3 is 0 Å². The summed E-state index contributed by atoms with van der Waals surface area (Å²) in [4.78, 5) is 0. The zero-order valence-corrected chi connectivity index (χ0v) is 10.6. The molecule has 0 spiro atoms. The molecular formula is C12H17NO3S. The van der Waals surface area contributed by atoms with Crippen molar-refractivity contribution in [2.75, 3.05) is 19.3 Å². The van der Waals surface area contributed by atoms with Gasteiger partial charge in [0.2, 0.25) is 0 Å². The lowest BCUT2D eigenvalue weighted by Crippen LogP contribution is -2.16. The second kappa shape index (κ2) is 8.76. The molecular weight excluding hydrogens is 238 g/mol. The van der Waals surface area contributed by atoms with E-state index in [0.29, 0.717) is 12.8 Å². The fourth-order valence-electron chi connectivity index (χ4n) is 1.04. The van der Waals surface area contributed by atoms with Crippen LogP contribution in [0.1, 0.15) is 5.56 Å². The molecule has 0 aliphatic heterocycles. The van der Waals surface area contributed by atoms with Crippen molar-refractivity contribution in [3.8, 4) is 12.3 Å². The minimum Gasteiger partial charge on any atom is -0.306 e. The maximum absolute atomic E-state index is 9.19. The molecule has 94 valence electrons. The molecule has 0 amide bonds. The first-order valence-electron chi connectivity index (χ1n) is 5.04. The number of hydrogen-bond acceptors (Lipinski definition) is 3. The number of hydrogen-bond donors (Lipinski definition) is 2. The topological polar surface area (TPSA) is 66.4 Å². The molecule has 1 aromatic rings. The first kappa shape index (κ1) is 15.7. The van der Waals surface area contributed by atoms with Gasteiger partial charge in [0, 0.05) is 6.54 Å². The predicted octanol–water partition coefficient (Wildman–Crippen LogP) is 0.956. The minimum absolute atomic E-state index is 0.660. The lowest BCUT2D eigenvalue weighted by Gasteiger charge is -2.00. The van der Waals surface area contributed by atoms with Crippen LogP contribution in [0.5, 0.6) is 0 Å². The Balaban J connectivity index is 0.000000437. The van der Waals surface area contributed by atoms with Gasteiger partial charge < -0.3 is 5.32 Å². The maximum atomic E-state index is 9.19. The van der Waals surface area contributed by atoms with Crippen LogP contribution in [0.2, 0.25) is 0 Å². The number of terminal acetylenes is 1. The van der Waals surface area contributed by atoms with Crippen LogP contribution in [0.25, 0.3) is 0 Å². The molecule has 1 rings (SSSR count). The van der Waals surface area contributed by atoms with Crippen molar-refractivity contribution in [3.63, 3.8) is 0 Å². The van der Waals surface area contributed by atoms with E-state index in [-0.39, 0.29) is 0 Å². The van der Waals surface area contributed by atoms with Gasteiger partial charge in [-0.05, 0) is 12.0 Å². The lowest BCUT2D eigenvalue weighted by molar-refractivity contribution is 0.490. The second-order valence-electron chi connectivity index (χ2n) is 3.35. The molecule has 1 aromatic carbocycles. The number of benzene rings is 1. The van der Waals surface area contributed by atoms with Crippen LogP contribution in [-0.2, 0) is 16.5 Å². The Hall–Kier alpha value is -1.35. The third kappa shape index (κ3) is 14.7. The first-order valence-corrected chi connectivity index (χ1v) is 6.89. The van der Waals surface area contributed by atoms with Gasteiger partial charge in [-0.15, -0.1) is 6.42 Å². The normalized spacial score (nSPS) is 9.94. The Labute approximate surface area is 103 Å². The Kier molecular flexibility index (Phi) is 8.07. The van der Waals surface area contributed by atoms with E-state index in [2.05, 4.69) is 35.5 Å². The quantitative estimate of drug-likeness (QED) is 0.478. The monoisotopic (exact) mass is 255 g/mol. The summed E-state index contributed by atoms with van der Waals surface area (Å²) in [5, 5.41) is 3.15. The highest BCUT2D eigenvalue weighted by Crippen LogP contribution is 1.97. The van der Waals surface area contributed by atoms with Crippen molar-refractivity contribution in [3.05, 3.63) is 35.9 Å². The van der Waals surface area contributed by atoms with E-state index in [0.717, 1.165) is 13.0 Å². The van der Waals surface area contributed by atoms with E-state index < -0.39 is 10.1 Å². The second-order valence-corrected chi connectivity index (χ2v) is 4.82. The molecule has 0 atom stereocenters. The van der Waals surface area contributed by atoms with Crippen LogP contribution >= 0.6 is 0 Å². The molecule has 17 heavy (non-hydrogen) atoms. The third-order valence-corrected chi connectivity index (χ3v) is 1.66. The molecule has 0 aliphatic rings. The third-order valence-electron chi connectivity index (χ3n) is 1.66. The molecule has 5 heteroatoms. The smallest absolute Gasteiger partial charge is 0.261 e. The molecule has 0 saturated carbocycles. The van der Waals surface area contributed by atoms with Gasteiger partial charge in [-0.25, -0.2) is 0 Å². The molecule has 0 radical (unpaired) electrons. The average molecular weight is 255 g/mol. The summed E-state index contributed by atoms with van der Waals surface area (Å²) in [5.41, 5.74) is 1.35. The highest BCUT2D eigenvalue weighted by Gasteiger charge is 1.88. The SMILES string of the molecule is C#CCNCCc1ccccc1.CS(=O)(=O)O. The van der Waals surface area contributed by atoms with Gasteiger partial charge in [-0.2, -0.15) is 8.42 Å². The van der Waals surface area contributed by atoms with E-state index in [1.807, 2.05) is 6.07 Å². The standard InChI is InChI=1S/C11H13N.CH4O3S/c1-2-9-12-10-8-11-6-4-3-5-7-11;1-5(2,3)4/h1,3-7,12H,8-10H2;1H3,(H,2,3,4). The predicted molar refractivity (Wildman–Crippen MR) is 69.3 cm³/mol. The summed E-state index contributed by atoms with van der Waals surface area (Å²) in [7, 11) is -3.67. The Bertz CT molecular complexity index is 427. The Morgan fingerprint density at radius 1 is 1.35 bits per heavy atom. The van der Waals surface area contributed by atoms with E-state index in [1.165, 1.54) is 5.56 Å². The van der Waals surface area contributed by atoms with Crippen LogP contribution < -0.4 is 5.32 Å². The van der Waals surface area contributed by atoms with Crippen molar-refractivity contribution in [2.45, 2.75) is 6.42 Å². The number of nitrogens with one attached hydrogen (secondary N) is 1. The number of rotatable bonds is 4. The van der Waals surface area contributed by atoms with Gasteiger partial charge in [0.15, 0.2) is 0 Å². The van der Waals surface area contributed by atoms with Gasteiger partial charge in [-0.3, -0.25) is 4.55 Å². The van der Waals surface area contributed by atoms with Crippen molar-refractivity contribution in [2.24, 2.45) is 0 Å². The lowest BCUT2D eigenvalue weighted by atomic mass is 10.1. The fraction of sp³-hybridized carbons (Fsp3) is 0.333. The zero-order valence-electron chi connectivity index (χ0n) is 9.76. The van der Waals surface area contributed by atoms with Gasteiger partial charge in [-0.1, -0.05) is 36.3 Å². The van der Waals surface area contributed by atoms with Gasteiger partial charge in [0.1, 0.15) is 0 Å². The average Bonchev–Trinajstić information content (AvgIpc) is 2.24. The summed E-state index contributed by atoms with van der Waals surface area (Å²) in [6, 6.07) is 10.4. The zero-order chi connectivity index (χ0) is 13.1. The largest absolute Gasteiger partial charge is 0.306 e. The molecule has 0 fully saturated rings. The summed E-state index contributed by atoms with van der Waals surface area (Å²) in [6.07, 6.45) is 6.85. The van der Waals surface area contributed by atoms with Crippen molar-refractivity contribution >= 4 is 10.1 Å². The molecule has 2 N–H and O–H groups in total. The Morgan fingerprint density at radius 2 is 1.88 bits per heavy atom. The molecule has 0 saturated heterocycles. The Morgan fingerprint density at radius 3 is 2.35 bits per heavy atom. The molecule has 0 unspecified atom stereocenters. The summed E-state index contributed by atoms with van der Waals surface area (Å²) >= 11 is 0. The van der Waals surface area contributed by atoms with Crippen LogP contribution in [0.4, 0.5) is 0 Å². The summed E-state index contributed by atoms with van der Waals surface area (Å²) in [5.74, 6) is 2.54. The van der Waals surface area contributed by atoms with Crippen LogP contribution in [0, 0.1) is 12.3 Å². The van der Waals surface area contributed by atoms with Crippen molar-refractivity contribution < 1.29 is 13.0 Å². The van der Waals surface area contributed by atoms with Crippen molar-refractivity contribution in [1.82, 2.24) is 5.32 Å². The van der Waals surface area contributed by atoms with E-state index in [4.69, 9.17) is 11.0 Å². The van der Waals surface area contributed by atoms with E-state index >= 15 is 0 Å². The molecule has 0 aromatic heterocycles. The van der Waals surface area contributed by atoms with E-state index in [9.17, 15) is 8.42 Å². The van der Waals surface area contributed by atoms with Gasteiger partial charge in [0.05, 0.1) is 12.8 Å². The summed E-state index contributed by atoms with van der Waals surface area (Å²) in [6.45, 7) is 1.61.